The van der Waals surface area contributed by atoms with Crippen molar-refractivity contribution in [2.75, 3.05) is 38.5 Å². The van der Waals surface area contributed by atoms with Crippen molar-refractivity contribution in [1.82, 2.24) is 14.3 Å². The van der Waals surface area contributed by atoms with Gasteiger partial charge in [0, 0.05) is 24.1 Å². The van der Waals surface area contributed by atoms with Gasteiger partial charge in [0.15, 0.2) is 0 Å². The molecule has 1 aromatic rings. The molecule has 0 saturated carbocycles. The second kappa shape index (κ2) is 8.87. The molecule has 142 valence electrons. The quantitative estimate of drug-likeness (QED) is 0.536. The third kappa shape index (κ3) is 6.57. The van der Waals surface area contributed by atoms with Crippen molar-refractivity contribution in [2.24, 2.45) is 0 Å². The Hall–Kier alpha value is -0.590. The third-order valence-electron chi connectivity index (χ3n) is 3.80. The van der Waals surface area contributed by atoms with Crippen LogP contribution in [0, 0.1) is 5.82 Å². The van der Waals surface area contributed by atoms with Gasteiger partial charge in [0.2, 0.25) is 20.0 Å². The molecule has 0 spiro atoms. The number of halogens is 2. The van der Waals surface area contributed by atoms with E-state index in [-0.39, 0.29) is 28.2 Å². The summed E-state index contributed by atoms with van der Waals surface area (Å²) in [7, 11) is -7.31. The van der Waals surface area contributed by atoms with Crippen molar-refractivity contribution in [3.8, 4) is 0 Å². The Bertz CT molecular complexity index is 796. The number of likely N-dealkylation sites (tertiary alicyclic amines) is 1. The number of rotatable bonds is 9. The normalized spacial score (nSPS) is 16.4. The van der Waals surface area contributed by atoms with Crippen molar-refractivity contribution in [3.63, 3.8) is 0 Å². The summed E-state index contributed by atoms with van der Waals surface area (Å²) in [5.74, 6) is -0.569. The summed E-state index contributed by atoms with van der Waals surface area (Å²) < 4.78 is 65.9. The van der Waals surface area contributed by atoms with Crippen LogP contribution in [0.15, 0.2) is 27.6 Å². The summed E-state index contributed by atoms with van der Waals surface area (Å²) in [5, 5.41) is 0. The molecule has 0 aliphatic carbocycles. The van der Waals surface area contributed by atoms with E-state index in [1.807, 2.05) is 0 Å². The standard InChI is InChI=1S/C14H21BrFN3O4S2/c15-13-11-12(16)3-4-14(13)25(22,23)18-6-5-17-24(20,21)10-9-19-7-1-2-8-19/h3-4,11,17-18H,1-2,5-10H2. The van der Waals surface area contributed by atoms with Gasteiger partial charge in [-0.05, 0) is 60.1 Å². The molecule has 1 aliphatic rings. The Kier molecular flexibility index (Phi) is 7.35. The summed E-state index contributed by atoms with van der Waals surface area (Å²) in [6.45, 7) is 2.16. The number of hydrogen-bond acceptors (Lipinski definition) is 5. The van der Waals surface area contributed by atoms with Gasteiger partial charge in [0.05, 0.1) is 10.6 Å². The maximum atomic E-state index is 13.0. The number of nitrogens with zero attached hydrogens (tertiary/aromatic N) is 1. The molecule has 1 saturated heterocycles. The highest BCUT2D eigenvalue weighted by molar-refractivity contribution is 9.10. The van der Waals surface area contributed by atoms with E-state index in [0.29, 0.717) is 6.54 Å². The van der Waals surface area contributed by atoms with E-state index in [0.717, 1.165) is 44.1 Å². The molecule has 0 amide bonds. The van der Waals surface area contributed by atoms with Gasteiger partial charge in [-0.3, -0.25) is 0 Å². The Morgan fingerprint density at radius 2 is 1.72 bits per heavy atom. The molecular formula is C14H21BrFN3O4S2. The van der Waals surface area contributed by atoms with Gasteiger partial charge in [0.25, 0.3) is 0 Å². The van der Waals surface area contributed by atoms with E-state index >= 15 is 0 Å². The first-order chi connectivity index (χ1) is 11.7. The smallest absolute Gasteiger partial charge is 0.241 e. The van der Waals surface area contributed by atoms with Gasteiger partial charge in [-0.25, -0.2) is 30.7 Å². The maximum absolute atomic E-state index is 13.0. The van der Waals surface area contributed by atoms with Crippen LogP contribution in [-0.4, -0.2) is 60.2 Å². The lowest BCUT2D eigenvalue weighted by Crippen LogP contribution is -2.38. The summed E-state index contributed by atoms with van der Waals surface area (Å²) in [4.78, 5) is 1.99. The molecule has 1 heterocycles. The van der Waals surface area contributed by atoms with Crippen LogP contribution in [0.3, 0.4) is 0 Å². The zero-order chi connectivity index (χ0) is 18.5. The van der Waals surface area contributed by atoms with Crippen LogP contribution >= 0.6 is 15.9 Å². The number of nitrogens with one attached hydrogen (secondary N) is 2. The molecule has 7 nitrogen and oxygen atoms in total. The number of benzene rings is 1. The molecule has 1 fully saturated rings. The van der Waals surface area contributed by atoms with Crippen LogP contribution in [-0.2, 0) is 20.0 Å². The van der Waals surface area contributed by atoms with E-state index < -0.39 is 25.9 Å². The van der Waals surface area contributed by atoms with Gasteiger partial charge in [0.1, 0.15) is 5.82 Å². The first-order valence-corrected chi connectivity index (χ1v) is 11.8. The first-order valence-electron chi connectivity index (χ1n) is 7.84. The van der Waals surface area contributed by atoms with Crippen LogP contribution in [0.2, 0.25) is 0 Å². The molecule has 0 unspecified atom stereocenters. The summed E-state index contributed by atoms with van der Waals surface area (Å²) in [6.07, 6.45) is 2.18. The molecule has 25 heavy (non-hydrogen) atoms. The Morgan fingerprint density at radius 1 is 1.08 bits per heavy atom. The van der Waals surface area contributed by atoms with Crippen molar-refractivity contribution in [2.45, 2.75) is 17.7 Å². The molecule has 0 radical (unpaired) electrons. The SMILES string of the molecule is O=S(=O)(CCN1CCCC1)NCCNS(=O)(=O)c1ccc(F)cc1Br. The highest BCUT2D eigenvalue weighted by atomic mass is 79.9. The molecule has 0 bridgehead atoms. The first kappa shape index (κ1) is 20.7. The molecule has 0 atom stereocenters. The second-order valence-corrected chi connectivity index (χ2v) is 10.3. The zero-order valence-electron chi connectivity index (χ0n) is 13.5. The topological polar surface area (TPSA) is 95.6 Å². The minimum absolute atomic E-state index is 0.0107. The summed E-state index contributed by atoms with van der Waals surface area (Å²) >= 11 is 3.00. The second-order valence-electron chi connectivity index (χ2n) is 5.73. The summed E-state index contributed by atoms with van der Waals surface area (Å²) in [5.41, 5.74) is 0. The van der Waals surface area contributed by atoms with Crippen LogP contribution in [0.25, 0.3) is 0 Å². The van der Waals surface area contributed by atoms with E-state index in [2.05, 4.69) is 30.3 Å². The number of hydrogen-bond donors (Lipinski definition) is 2. The Balaban J connectivity index is 1.79. The van der Waals surface area contributed by atoms with Gasteiger partial charge >= 0.3 is 0 Å². The van der Waals surface area contributed by atoms with Gasteiger partial charge < -0.3 is 4.90 Å². The lowest BCUT2D eigenvalue weighted by atomic mass is 10.3. The van der Waals surface area contributed by atoms with Crippen LogP contribution in [0.5, 0.6) is 0 Å². The maximum Gasteiger partial charge on any atom is 0.241 e. The molecule has 0 aromatic heterocycles. The van der Waals surface area contributed by atoms with E-state index in [4.69, 9.17) is 0 Å². The predicted octanol–water partition coefficient (Wildman–Crippen LogP) is 0.882. The minimum atomic E-state index is -3.86. The van der Waals surface area contributed by atoms with Crippen LogP contribution in [0.4, 0.5) is 4.39 Å². The lowest BCUT2D eigenvalue weighted by Gasteiger charge is -2.15. The van der Waals surface area contributed by atoms with Crippen molar-refractivity contribution >= 4 is 36.0 Å². The average Bonchev–Trinajstić information content (AvgIpc) is 3.03. The highest BCUT2D eigenvalue weighted by Gasteiger charge is 2.19. The Morgan fingerprint density at radius 3 is 2.36 bits per heavy atom. The zero-order valence-corrected chi connectivity index (χ0v) is 16.8. The molecule has 2 rings (SSSR count). The minimum Gasteiger partial charge on any atom is -0.302 e. The third-order valence-corrected chi connectivity index (χ3v) is 7.60. The van der Waals surface area contributed by atoms with Crippen molar-refractivity contribution in [3.05, 3.63) is 28.5 Å². The van der Waals surface area contributed by atoms with Crippen LogP contribution in [0.1, 0.15) is 12.8 Å². The molecule has 11 heteroatoms. The average molecular weight is 458 g/mol. The highest BCUT2D eigenvalue weighted by Crippen LogP contribution is 2.22. The van der Waals surface area contributed by atoms with Gasteiger partial charge in [-0.1, -0.05) is 0 Å². The molecule has 1 aliphatic heterocycles. The fourth-order valence-corrected chi connectivity index (χ4v) is 5.63. The molecule has 2 N–H and O–H groups in total. The van der Waals surface area contributed by atoms with Gasteiger partial charge in [-0.2, -0.15) is 0 Å². The van der Waals surface area contributed by atoms with E-state index in [9.17, 15) is 21.2 Å². The molecular weight excluding hydrogens is 437 g/mol. The predicted molar refractivity (Wildman–Crippen MR) is 96.8 cm³/mol. The number of sulfonamides is 2. The van der Waals surface area contributed by atoms with Crippen molar-refractivity contribution in [1.29, 1.82) is 0 Å². The van der Waals surface area contributed by atoms with Crippen molar-refractivity contribution < 1.29 is 21.2 Å². The monoisotopic (exact) mass is 457 g/mol. The van der Waals surface area contributed by atoms with Crippen LogP contribution < -0.4 is 9.44 Å². The Labute approximate surface area is 156 Å². The largest absolute Gasteiger partial charge is 0.302 e. The lowest BCUT2D eigenvalue weighted by molar-refractivity contribution is 0.358. The van der Waals surface area contributed by atoms with E-state index in [1.54, 1.807) is 0 Å². The fourth-order valence-electron chi connectivity index (χ4n) is 2.49. The summed E-state index contributed by atoms with van der Waals surface area (Å²) in [6, 6.07) is 3.23. The van der Waals surface area contributed by atoms with E-state index in [1.165, 1.54) is 0 Å². The fraction of sp³-hybridized carbons (Fsp3) is 0.571. The molecule has 1 aromatic carbocycles. The van der Waals surface area contributed by atoms with Gasteiger partial charge in [-0.15, -0.1) is 0 Å².